The summed E-state index contributed by atoms with van der Waals surface area (Å²) in [5.74, 6) is -1.09. The maximum atomic E-state index is 13.0. The molecule has 4 rings (SSSR count). The number of hydrogen-bond acceptors (Lipinski definition) is 6. The minimum atomic E-state index is -3.90. The van der Waals surface area contributed by atoms with E-state index in [9.17, 15) is 18.0 Å². The first-order valence-corrected chi connectivity index (χ1v) is 13.6. The van der Waals surface area contributed by atoms with Gasteiger partial charge in [0.05, 0.1) is 21.7 Å². The van der Waals surface area contributed by atoms with E-state index in [-0.39, 0.29) is 34.1 Å². The highest BCUT2D eigenvalue weighted by Crippen LogP contribution is 2.23. The Kier molecular flexibility index (Phi) is 7.79. The minimum Gasteiger partial charge on any atom is -0.465 e. The molecule has 1 amide bonds. The number of carbonyl (C=O) groups excluding carboxylic acids is 2. The zero-order valence-electron chi connectivity index (χ0n) is 18.8. The van der Waals surface area contributed by atoms with Crippen molar-refractivity contribution in [3.63, 3.8) is 0 Å². The normalized spacial score (nSPS) is 12.0. The molecule has 0 atom stereocenters. The van der Waals surface area contributed by atoms with Crippen LogP contribution in [0.1, 0.15) is 17.3 Å². The molecule has 0 unspecified atom stereocenters. The molecule has 3 aromatic carbocycles. The van der Waals surface area contributed by atoms with Crippen molar-refractivity contribution in [2.45, 2.75) is 18.4 Å². The molecule has 0 bridgehead atoms. The number of sulfonamides is 1. The summed E-state index contributed by atoms with van der Waals surface area (Å²) in [7, 11) is -3.90. The molecule has 0 saturated carbocycles. The Hall–Kier alpha value is -3.18. The summed E-state index contributed by atoms with van der Waals surface area (Å²) in [6.45, 7) is 1.79. The van der Waals surface area contributed by atoms with Gasteiger partial charge in [-0.05, 0) is 67.6 Å². The average Bonchev–Trinajstić information content (AvgIpc) is 3.15. The fourth-order valence-corrected chi connectivity index (χ4v) is 5.80. The van der Waals surface area contributed by atoms with Crippen LogP contribution in [0.5, 0.6) is 0 Å². The van der Waals surface area contributed by atoms with Gasteiger partial charge in [0.15, 0.2) is 4.80 Å². The van der Waals surface area contributed by atoms with E-state index in [0.717, 1.165) is 4.70 Å². The van der Waals surface area contributed by atoms with E-state index < -0.39 is 21.9 Å². The minimum absolute atomic E-state index is 0.0252. The van der Waals surface area contributed by atoms with Crippen molar-refractivity contribution in [1.29, 1.82) is 0 Å². The van der Waals surface area contributed by atoms with Crippen molar-refractivity contribution >= 4 is 72.3 Å². The summed E-state index contributed by atoms with van der Waals surface area (Å²) in [6.07, 6.45) is 0. The second-order valence-corrected chi connectivity index (χ2v) is 11.0. The fourth-order valence-electron chi connectivity index (χ4n) is 3.32. The number of benzene rings is 3. The van der Waals surface area contributed by atoms with Gasteiger partial charge in [0, 0.05) is 21.3 Å². The van der Waals surface area contributed by atoms with E-state index >= 15 is 0 Å². The van der Waals surface area contributed by atoms with Crippen LogP contribution >= 0.6 is 34.5 Å². The number of carbonyl (C=O) groups is 2. The highest BCUT2D eigenvalue weighted by atomic mass is 35.5. The highest BCUT2D eigenvalue weighted by Gasteiger charge is 2.16. The van der Waals surface area contributed by atoms with Crippen molar-refractivity contribution < 1.29 is 22.7 Å². The number of ether oxygens (including phenoxy) is 1. The van der Waals surface area contributed by atoms with Crippen molar-refractivity contribution in [3.8, 4) is 0 Å². The third-order valence-electron chi connectivity index (χ3n) is 4.92. The quantitative estimate of drug-likeness (QED) is 0.314. The summed E-state index contributed by atoms with van der Waals surface area (Å²) in [5, 5.41) is 0.914. The topological polar surface area (TPSA) is 107 Å². The summed E-state index contributed by atoms with van der Waals surface area (Å²) in [4.78, 5) is 29.7. The van der Waals surface area contributed by atoms with Crippen LogP contribution in [0.2, 0.25) is 10.0 Å². The van der Waals surface area contributed by atoms with Gasteiger partial charge in [0.2, 0.25) is 0 Å². The molecule has 12 heteroatoms. The number of fused-ring (bicyclic) bond motifs is 1. The molecule has 0 fully saturated rings. The molecule has 1 N–H and O–H groups in total. The first kappa shape index (κ1) is 25.9. The van der Waals surface area contributed by atoms with Crippen LogP contribution in [0.15, 0.2) is 76.6 Å². The van der Waals surface area contributed by atoms with Gasteiger partial charge in [-0.3, -0.25) is 14.3 Å². The number of rotatable bonds is 7. The van der Waals surface area contributed by atoms with Gasteiger partial charge in [0.25, 0.3) is 15.9 Å². The second-order valence-electron chi connectivity index (χ2n) is 7.45. The fraction of sp³-hybridized carbons (Fsp3) is 0.125. The molecule has 186 valence electrons. The summed E-state index contributed by atoms with van der Waals surface area (Å²) >= 11 is 13.1. The van der Waals surface area contributed by atoms with Gasteiger partial charge in [-0.25, -0.2) is 8.42 Å². The van der Waals surface area contributed by atoms with Crippen LogP contribution in [0.4, 0.5) is 5.69 Å². The van der Waals surface area contributed by atoms with Crippen LogP contribution in [-0.2, 0) is 26.1 Å². The van der Waals surface area contributed by atoms with Gasteiger partial charge in [-0.15, -0.1) is 0 Å². The van der Waals surface area contributed by atoms with Gasteiger partial charge < -0.3 is 9.30 Å². The van der Waals surface area contributed by atoms with E-state index in [1.807, 2.05) is 0 Å². The van der Waals surface area contributed by atoms with Gasteiger partial charge in [-0.1, -0.05) is 40.6 Å². The first-order chi connectivity index (χ1) is 17.2. The molecule has 1 heterocycles. The average molecular weight is 564 g/mol. The Bertz CT molecular complexity index is 1630. The van der Waals surface area contributed by atoms with Crippen molar-refractivity contribution in [2.24, 2.45) is 4.99 Å². The smallest absolute Gasteiger partial charge is 0.326 e. The SMILES string of the molecule is CCOC(=O)Cn1c(=NC(=O)c2cccc(NS(=O)(=O)c3ccc(Cl)cc3)c2)sc2cc(Cl)ccc21. The Morgan fingerprint density at radius 1 is 1.03 bits per heavy atom. The Morgan fingerprint density at radius 2 is 1.75 bits per heavy atom. The number of nitrogens with one attached hydrogen (secondary N) is 1. The summed E-state index contributed by atoms with van der Waals surface area (Å²) in [6, 6.07) is 16.8. The predicted octanol–water partition coefficient (Wildman–Crippen LogP) is 5.11. The Morgan fingerprint density at radius 3 is 2.47 bits per heavy atom. The zero-order valence-corrected chi connectivity index (χ0v) is 21.9. The number of anilines is 1. The lowest BCUT2D eigenvalue weighted by atomic mass is 10.2. The third kappa shape index (κ3) is 5.96. The van der Waals surface area contributed by atoms with E-state index in [1.165, 1.54) is 53.8 Å². The molecule has 0 aliphatic carbocycles. The molecular weight excluding hydrogens is 545 g/mol. The lowest BCUT2D eigenvalue weighted by Gasteiger charge is -2.09. The monoisotopic (exact) mass is 563 g/mol. The van der Waals surface area contributed by atoms with Crippen LogP contribution in [0.25, 0.3) is 10.2 Å². The highest BCUT2D eigenvalue weighted by molar-refractivity contribution is 7.92. The van der Waals surface area contributed by atoms with Gasteiger partial charge in [-0.2, -0.15) is 4.99 Å². The third-order valence-corrected chi connectivity index (χ3v) is 7.85. The molecule has 0 radical (unpaired) electrons. The molecule has 0 aliphatic rings. The molecule has 1 aromatic heterocycles. The van der Waals surface area contributed by atoms with Crippen LogP contribution in [-0.4, -0.2) is 31.5 Å². The van der Waals surface area contributed by atoms with Crippen LogP contribution < -0.4 is 9.52 Å². The molecule has 0 spiro atoms. The second kappa shape index (κ2) is 10.8. The summed E-state index contributed by atoms with van der Waals surface area (Å²) < 4.78 is 35.2. The van der Waals surface area contributed by atoms with Crippen molar-refractivity contribution in [1.82, 2.24) is 4.57 Å². The van der Waals surface area contributed by atoms with E-state index in [2.05, 4.69) is 9.71 Å². The number of esters is 1. The molecule has 36 heavy (non-hydrogen) atoms. The largest absolute Gasteiger partial charge is 0.465 e. The number of hydrogen-bond donors (Lipinski definition) is 1. The van der Waals surface area contributed by atoms with Crippen LogP contribution in [0.3, 0.4) is 0 Å². The number of thiazole rings is 1. The Labute approximate surface area is 220 Å². The van der Waals surface area contributed by atoms with Crippen molar-refractivity contribution in [3.05, 3.63) is 87.1 Å². The molecule has 4 aromatic rings. The first-order valence-electron chi connectivity index (χ1n) is 10.6. The number of aromatic nitrogens is 1. The molecule has 0 saturated heterocycles. The standard InChI is InChI=1S/C24H19Cl2N3O5S2/c1-2-34-22(30)14-29-20-11-8-17(26)13-21(20)35-24(29)27-23(31)15-4-3-5-18(12-15)28-36(32,33)19-9-6-16(25)7-10-19/h3-13,28H,2,14H2,1H3. The lowest BCUT2D eigenvalue weighted by Crippen LogP contribution is -2.23. The van der Waals surface area contributed by atoms with E-state index in [1.54, 1.807) is 35.8 Å². The van der Waals surface area contributed by atoms with Gasteiger partial charge in [0.1, 0.15) is 6.54 Å². The van der Waals surface area contributed by atoms with E-state index in [0.29, 0.717) is 15.6 Å². The predicted molar refractivity (Wildman–Crippen MR) is 140 cm³/mol. The maximum absolute atomic E-state index is 13.0. The molecule has 0 aliphatic heterocycles. The van der Waals surface area contributed by atoms with E-state index in [4.69, 9.17) is 27.9 Å². The number of halogens is 2. The lowest BCUT2D eigenvalue weighted by molar-refractivity contribution is -0.143. The zero-order chi connectivity index (χ0) is 25.9. The number of nitrogens with zero attached hydrogens (tertiary/aromatic N) is 2. The Balaban J connectivity index is 1.68. The van der Waals surface area contributed by atoms with Crippen LogP contribution in [0, 0.1) is 0 Å². The summed E-state index contributed by atoms with van der Waals surface area (Å²) in [5.41, 5.74) is 1.02. The maximum Gasteiger partial charge on any atom is 0.326 e. The molecular formula is C24H19Cl2N3O5S2. The van der Waals surface area contributed by atoms with Gasteiger partial charge >= 0.3 is 5.97 Å². The van der Waals surface area contributed by atoms with Crippen molar-refractivity contribution in [2.75, 3.05) is 11.3 Å². The number of amides is 1. The molecule has 8 nitrogen and oxygen atoms in total.